The molecule has 1 fully saturated rings. The van der Waals surface area contributed by atoms with Crippen LogP contribution in [0.1, 0.15) is 30.8 Å². The molecule has 1 aliphatic heterocycles. The number of allylic oxidation sites excluding steroid dienone is 2. The fourth-order valence-corrected chi connectivity index (χ4v) is 4.78. The van der Waals surface area contributed by atoms with Gasteiger partial charge in [0, 0.05) is 7.05 Å². The Morgan fingerprint density at radius 1 is 1.22 bits per heavy atom. The molecule has 140 valence electrons. The zero-order chi connectivity index (χ0) is 19.1. The third kappa shape index (κ3) is 3.06. The lowest BCUT2D eigenvalue weighted by Crippen LogP contribution is -2.42. The van der Waals surface area contributed by atoms with Crippen LogP contribution in [-0.2, 0) is 14.4 Å². The largest absolute Gasteiger partial charge is 0.335 e. The van der Waals surface area contributed by atoms with E-state index in [1.165, 1.54) is 0 Å². The number of amides is 3. The van der Waals surface area contributed by atoms with Crippen LogP contribution in [-0.4, -0.2) is 46.1 Å². The van der Waals surface area contributed by atoms with E-state index in [1.54, 1.807) is 23.3 Å². The fraction of sp³-hybridized carbons (Fsp3) is 0.400. The van der Waals surface area contributed by atoms with Gasteiger partial charge in [0.1, 0.15) is 11.6 Å². The number of rotatable bonds is 4. The number of imide groups is 1. The number of likely N-dealkylation sites (tertiary alicyclic amines) is 1. The predicted octanol–water partition coefficient (Wildman–Crippen LogP) is 2.77. The average Bonchev–Trinajstić information content (AvgIpc) is 3.22. The number of thiazole rings is 1. The van der Waals surface area contributed by atoms with Crippen LogP contribution in [0.4, 0.5) is 0 Å². The molecule has 0 unspecified atom stereocenters. The van der Waals surface area contributed by atoms with E-state index < -0.39 is 0 Å². The number of benzene rings is 1. The second-order valence-electron chi connectivity index (χ2n) is 7.12. The minimum absolute atomic E-state index is 0.198. The van der Waals surface area contributed by atoms with Crippen LogP contribution < -0.4 is 0 Å². The third-order valence-corrected chi connectivity index (χ3v) is 6.74. The summed E-state index contributed by atoms with van der Waals surface area (Å²) in [5.41, 5.74) is 0.909. The molecule has 0 N–H and O–H groups in total. The minimum Gasteiger partial charge on any atom is -0.335 e. The van der Waals surface area contributed by atoms with Gasteiger partial charge in [0.05, 0.1) is 28.1 Å². The Bertz CT molecular complexity index is 892. The molecule has 0 bridgehead atoms. The summed E-state index contributed by atoms with van der Waals surface area (Å²) in [6.07, 6.45) is 5.05. The summed E-state index contributed by atoms with van der Waals surface area (Å²) in [6.45, 7) is 1.71. The average molecular weight is 383 g/mol. The molecule has 0 radical (unpaired) electrons. The molecular weight excluding hydrogens is 362 g/mol. The van der Waals surface area contributed by atoms with Crippen molar-refractivity contribution in [1.29, 1.82) is 0 Å². The standard InChI is InChI=1S/C20H21N3O3S/c1-12(18-21-15-9-5-6-10-16(15)27-18)22(2)17(24)11-23-19(25)13-7-3-4-8-14(13)20(23)26/h3-6,9-10,12-14H,7-8,11H2,1-2H3/t12-,13-,14+/m1/s1. The Morgan fingerprint density at radius 2 is 1.85 bits per heavy atom. The summed E-state index contributed by atoms with van der Waals surface area (Å²) in [4.78, 5) is 45.2. The highest BCUT2D eigenvalue weighted by Gasteiger charge is 2.47. The van der Waals surface area contributed by atoms with Gasteiger partial charge >= 0.3 is 0 Å². The van der Waals surface area contributed by atoms with Crippen molar-refractivity contribution >= 4 is 39.3 Å². The van der Waals surface area contributed by atoms with Gasteiger partial charge in [-0.2, -0.15) is 0 Å². The smallest absolute Gasteiger partial charge is 0.243 e. The molecule has 1 aromatic carbocycles. The first-order valence-electron chi connectivity index (χ1n) is 9.08. The van der Waals surface area contributed by atoms with Crippen molar-refractivity contribution in [1.82, 2.24) is 14.8 Å². The molecule has 3 amide bonds. The Labute approximate surface area is 161 Å². The Balaban J connectivity index is 1.47. The first kappa shape index (κ1) is 17.9. The second kappa shape index (κ2) is 6.88. The molecule has 3 atom stereocenters. The van der Waals surface area contributed by atoms with Gasteiger partial charge in [0.2, 0.25) is 17.7 Å². The predicted molar refractivity (Wildman–Crippen MR) is 103 cm³/mol. The molecule has 6 nitrogen and oxygen atoms in total. The van der Waals surface area contributed by atoms with Gasteiger partial charge in [0.15, 0.2) is 0 Å². The molecule has 2 heterocycles. The maximum absolute atomic E-state index is 12.8. The van der Waals surface area contributed by atoms with Crippen LogP contribution in [0.5, 0.6) is 0 Å². The van der Waals surface area contributed by atoms with E-state index in [-0.39, 0.29) is 42.1 Å². The van der Waals surface area contributed by atoms with E-state index in [0.717, 1.165) is 20.1 Å². The summed E-state index contributed by atoms with van der Waals surface area (Å²) in [7, 11) is 1.69. The second-order valence-corrected chi connectivity index (χ2v) is 8.18. The fourth-order valence-electron chi connectivity index (χ4n) is 3.72. The van der Waals surface area contributed by atoms with Gasteiger partial charge in [-0.3, -0.25) is 19.3 Å². The molecule has 2 aliphatic rings. The van der Waals surface area contributed by atoms with Crippen LogP contribution in [0.15, 0.2) is 36.4 Å². The van der Waals surface area contributed by atoms with Crippen molar-refractivity contribution in [2.45, 2.75) is 25.8 Å². The van der Waals surface area contributed by atoms with Gasteiger partial charge in [-0.1, -0.05) is 24.3 Å². The number of hydrogen-bond donors (Lipinski definition) is 0. The van der Waals surface area contributed by atoms with Crippen molar-refractivity contribution in [2.24, 2.45) is 11.8 Å². The molecule has 4 rings (SSSR count). The molecule has 2 aromatic rings. The van der Waals surface area contributed by atoms with Crippen LogP contribution in [0.3, 0.4) is 0 Å². The maximum Gasteiger partial charge on any atom is 0.243 e. The van der Waals surface area contributed by atoms with E-state index in [1.807, 2.05) is 43.3 Å². The van der Waals surface area contributed by atoms with Crippen LogP contribution in [0, 0.1) is 11.8 Å². The topological polar surface area (TPSA) is 70.6 Å². The molecule has 0 saturated carbocycles. The van der Waals surface area contributed by atoms with E-state index in [0.29, 0.717) is 12.8 Å². The highest BCUT2D eigenvalue weighted by atomic mass is 32.1. The molecule has 1 saturated heterocycles. The Hall–Kier alpha value is -2.54. The van der Waals surface area contributed by atoms with Gasteiger partial charge < -0.3 is 4.90 Å². The normalized spacial score (nSPS) is 23.0. The van der Waals surface area contributed by atoms with Crippen LogP contribution in [0.25, 0.3) is 10.2 Å². The van der Waals surface area contributed by atoms with Crippen LogP contribution in [0.2, 0.25) is 0 Å². The zero-order valence-corrected chi connectivity index (χ0v) is 16.1. The molecule has 1 aliphatic carbocycles. The van der Waals surface area contributed by atoms with Crippen molar-refractivity contribution in [3.8, 4) is 0 Å². The highest BCUT2D eigenvalue weighted by molar-refractivity contribution is 7.18. The van der Waals surface area contributed by atoms with E-state index in [2.05, 4.69) is 4.98 Å². The number of nitrogens with zero attached hydrogens (tertiary/aromatic N) is 3. The molecule has 27 heavy (non-hydrogen) atoms. The highest BCUT2D eigenvalue weighted by Crippen LogP contribution is 2.35. The first-order chi connectivity index (χ1) is 13.0. The Kier molecular flexibility index (Phi) is 4.55. The lowest BCUT2D eigenvalue weighted by atomic mass is 9.85. The number of fused-ring (bicyclic) bond motifs is 2. The maximum atomic E-state index is 12.8. The lowest BCUT2D eigenvalue weighted by molar-refractivity contribution is -0.146. The lowest BCUT2D eigenvalue weighted by Gasteiger charge is -2.25. The summed E-state index contributed by atoms with van der Waals surface area (Å²) < 4.78 is 1.07. The summed E-state index contributed by atoms with van der Waals surface area (Å²) in [5, 5.41) is 0.837. The van der Waals surface area contributed by atoms with E-state index >= 15 is 0 Å². The number of carbonyl (C=O) groups is 3. The van der Waals surface area contributed by atoms with Gasteiger partial charge in [-0.15, -0.1) is 11.3 Å². The number of aromatic nitrogens is 1. The third-order valence-electron chi connectivity index (χ3n) is 5.53. The SMILES string of the molecule is C[C@H](c1nc2ccccc2s1)N(C)C(=O)CN1C(=O)[C@H]2CC=CC[C@H]2C1=O. The Morgan fingerprint density at radius 3 is 2.48 bits per heavy atom. The monoisotopic (exact) mass is 383 g/mol. The van der Waals surface area contributed by atoms with E-state index in [4.69, 9.17) is 0 Å². The summed E-state index contributed by atoms with van der Waals surface area (Å²) in [5.74, 6) is -1.30. The van der Waals surface area contributed by atoms with Gasteiger partial charge in [-0.25, -0.2) is 4.98 Å². The van der Waals surface area contributed by atoms with Gasteiger partial charge in [-0.05, 0) is 31.9 Å². The summed E-state index contributed by atoms with van der Waals surface area (Å²) in [6, 6.07) is 7.61. The zero-order valence-electron chi connectivity index (χ0n) is 15.3. The summed E-state index contributed by atoms with van der Waals surface area (Å²) >= 11 is 1.55. The first-order valence-corrected chi connectivity index (χ1v) is 9.90. The molecule has 1 aromatic heterocycles. The van der Waals surface area contributed by atoms with Crippen LogP contribution >= 0.6 is 11.3 Å². The number of para-hydroxylation sites is 1. The van der Waals surface area contributed by atoms with E-state index in [9.17, 15) is 14.4 Å². The number of carbonyl (C=O) groups excluding carboxylic acids is 3. The molecule has 0 spiro atoms. The van der Waals surface area contributed by atoms with Crippen molar-refractivity contribution < 1.29 is 14.4 Å². The van der Waals surface area contributed by atoms with Crippen molar-refractivity contribution in [3.05, 3.63) is 41.4 Å². The molecular formula is C20H21N3O3S. The van der Waals surface area contributed by atoms with Crippen molar-refractivity contribution in [3.63, 3.8) is 0 Å². The number of likely N-dealkylation sites (N-methyl/N-ethyl adjacent to an activating group) is 1. The van der Waals surface area contributed by atoms with Gasteiger partial charge in [0.25, 0.3) is 0 Å². The molecule has 7 heteroatoms. The van der Waals surface area contributed by atoms with Crippen molar-refractivity contribution in [2.75, 3.05) is 13.6 Å². The number of hydrogen-bond acceptors (Lipinski definition) is 5. The quantitative estimate of drug-likeness (QED) is 0.601. The minimum atomic E-state index is -0.303.